The zero-order valence-electron chi connectivity index (χ0n) is 16.4. The van der Waals surface area contributed by atoms with Crippen LogP contribution in [0.3, 0.4) is 0 Å². The third-order valence-electron chi connectivity index (χ3n) is 6.62. The first-order valence-corrected chi connectivity index (χ1v) is 10.7. The van der Waals surface area contributed by atoms with Crippen molar-refractivity contribution >= 4 is 5.97 Å². The largest absolute Gasteiger partial charge is 0.462 e. The van der Waals surface area contributed by atoms with E-state index in [0.29, 0.717) is 6.42 Å². The van der Waals surface area contributed by atoms with Gasteiger partial charge in [-0.2, -0.15) is 5.26 Å². The molecule has 0 aliphatic heterocycles. The molecular weight excluding hydrogens is 310 g/mol. The van der Waals surface area contributed by atoms with Crippen LogP contribution in [-0.2, 0) is 9.53 Å². The van der Waals surface area contributed by atoms with Gasteiger partial charge in [0.25, 0.3) is 0 Å². The Bertz CT molecular complexity index is 437. The second-order valence-electron chi connectivity index (χ2n) is 8.46. The molecule has 2 aliphatic rings. The average molecular weight is 348 g/mol. The van der Waals surface area contributed by atoms with Crippen molar-refractivity contribution in [3.8, 4) is 6.07 Å². The Morgan fingerprint density at radius 3 is 2.20 bits per heavy atom. The number of ether oxygens (including phenoxy) is 1. The first-order chi connectivity index (χ1) is 12.1. The topological polar surface area (TPSA) is 50.1 Å². The zero-order valence-corrected chi connectivity index (χ0v) is 16.4. The Labute approximate surface area is 154 Å². The molecule has 0 spiro atoms. The summed E-state index contributed by atoms with van der Waals surface area (Å²) >= 11 is 0. The molecule has 2 fully saturated rings. The van der Waals surface area contributed by atoms with E-state index in [-0.39, 0.29) is 17.5 Å². The molecule has 2 rings (SSSR count). The number of carbonyl (C=O) groups excluding carboxylic acids is 1. The van der Waals surface area contributed by atoms with Crippen LogP contribution in [0.1, 0.15) is 104 Å². The number of nitriles is 1. The molecule has 0 aromatic rings. The van der Waals surface area contributed by atoms with Crippen molar-refractivity contribution < 1.29 is 9.53 Å². The van der Waals surface area contributed by atoms with Gasteiger partial charge < -0.3 is 4.74 Å². The van der Waals surface area contributed by atoms with E-state index in [4.69, 9.17) is 4.74 Å². The highest BCUT2D eigenvalue weighted by molar-refractivity contribution is 5.69. The number of hydrogen-bond donors (Lipinski definition) is 0. The molecule has 142 valence electrons. The SMILES string of the molecule is CCCCCC(=O)OC1CCC([C@H]2CC[C@](C#N)(CCC)CC2)CC1. The highest BCUT2D eigenvalue weighted by atomic mass is 16.5. The monoisotopic (exact) mass is 347 g/mol. The van der Waals surface area contributed by atoms with Crippen LogP contribution in [0.2, 0.25) is 0 Å². The van der Waals surface area contributed by atoms with Crippen LogP contribution in [0, 0.1) is 28.6 Å². The Morgan fingerprint density at radius 2 is 1.64 bits per heavy atom. The fourth-order valence-electron chi connectivity index (χ4n) is 5.00. The third kappa shape index (κ3) is 6.01. The molecule has 0 radical (unpaired) electrons. The molecule has 0 N–H and O–H groups in total. The number of hydrogen-bond acceptors (Lipinski definition) is 3. The predicted molar refractivity (Wildman–Crippen MR) is 101 cm³/mol. The summed E-state index contributed by atoms with van der Waals surface area (Å²) in [6.07, 6.45) is 15.3. The second-order valence-corrected chi connectivity index (χ2v) is 8.46. The lowest BCUT2D eigenvalue weighted by atomic mass is 9.64. The Morgan fingerprint density at radius 1 is 1.00 bits per heavy atom. The van der Waals surface area contributed by atoms with Gasteiger partial charge in [-0.05, 0) is 76.0 Å². The molecule has 0 atom stereocenters. The standard InChI is InChI=1S/C22H37NO2/c1-3-5-6-7-21(24)25-20-10-8-18(9-11-20)19-12-15-22(17-23,14-4-2)16-13-19/h18-20H,3-16H2,1-2H3/t18?,19-,20?,22+. The summed E-state index contributed by atoms with van der Waals surface area (Å²) in [5.41, 5.74) is -0.0313. The van der Waals surface area contributed by atoms with Crippen LogP contribution in [-0.4, -0.2) is 12.1 Å². The smallest absolute Gasteiger partial charge is 0.306 e. The van der Waals surface area contributed by atoms with E-state index in [1.54, 1.807) is 0 Å². The molecule has 0 bridgehead atoms. The summed E-state index contributed by atoms with van der Waals surface area (Å²) in [7, 11) is 0. The van der Waals surface area contributed by atoms with E-state index in [1.165, 1.54) is 25.7 Å². The third-order valence-corrected chi connectivity index (χ3v) is 6.62. The van der Waals surface area contributed by atoms with Gasteiger partial charge in [-0.15, -0.1) is 0 Å². The Kier molecular flexibility index (Phi) is 8.27. The number of esters is 1. The van der Waals surface area contributed by atoms with E-state index in [0.717, 1.165) is 69.6 Å². The molecule has 3 nitrogen and oxygen atoms in total. The molecular formula is C22H37NO2. The van der Waals surface area contributed by atoms with Crippen LogP contribution < -0.4 is 0 Å². The molecule has 25 heavy (non-hydrogen) atoms. The Balaban J connectivity index is 1.69. The number of unbranched alkanes of at least 4 members (excludes halogenated alkanes) is 2. The lowest BCUT2D eigenvalue weighted by Gasteiger charge is -2.40. The van der Waals surface area contributed by atoms with Crippen molar-refractivity contribution in [2.45, 2.75) is 110 Å². The number of carbonyl (C=O) groups is 1. The predicted octanol–water partition coefficient (Wildman–Crippen LogP) is 6.17. The second kappa shape index (κ2) is 10.2. The van der Waals surface area contributed by atoms with Gasteiger partial charge >= 0.3 is 5.97 Å². The summed E-state index contributed by atoms with van der Waals surface area (Å²) < 4.78 is 5.67. The minimum atomic E-state index is -0.0313. The molecule has 0 heterocycles. The first-order valence-electron chi connectivity index (χ1n) is 10.7. The van der Waals surface area contributed by atoms with Gasteiger partial charge in [0, 0.05) is 6.42 Å². The maximum absolute atomic E-state index is 11.9. The average Bonchev–Trinajstić information content (AvgIpc) is 2.63. The van der Waals surface area contributed by atoms with Gasteiger partial charge in [0.05, 0.1) is 11.5 Å². The van der Waals surface area contributed by atoms with E-state index >= 15 is 0 Å². The van der Waals surface area contributed by atoms with Gasteiger partial charge in [-0.25, -0.2) is 0 Å². The van der Waals surface area contributed by atoms with Crippen molar-refractivity contribution in [3.05, 3.63) is 0 Å². The van der Waals surface area contributed by atoms with Crippen LogP contribution >= 0.6 is 0 Å². The zero-order chi connectivity index (χ0) is 18.1. The van der Waals surface area contributed by atoms with E-state index in [2.05, 4.69) is 19.9 Å². The molecule has 0 aromatic carbocycles. The fourth-order valence-corrected chi connectivity index (χ4v) is 5.00. The normalized spacial score (nSPS) is 32.8. The minimum absolute atomic E-state index is 0.00735. The van der Waals surface area contributed by atoms with Gasteiger partial charge in [0.1, 0.15) is 6.10 Å². The van der Waals surface area contributed by atoms with Crippen molar-refractivity contribution in [1.82, 2.24) is 0 Å². The summed E-state index contributed by atoms with van der Waals surface area (Å²) in [4.78, 5) is 11.9. The fraction of sp³-hybridized carbons (Fsp3) is 0.909. The highest BCUT2D eigenvalue weighted by Gasteiger charge is 2.38. The summed E-state index contributed by atoms with van der Waals surface area (Å²) in [6.45, 7) is 4.34. The van der Waals surface area contributed by atoms with E-state index in [9.17, 15) is 10.1 Å². The van der Waals surface area contributed by atoms with Crippen LogP contribution in [0.4, 0.5) is 0 Å². The highest BCUT2D eigenvalue weighted by Crippen LogP contribution is 2.46. The lowest BCUT2D eigenvalue weighted by Crippen LogP contribution is -2.32. The molecule has 0 amide bonds. The van der Waals surface area contributed by atoms with Crippen LogP contribution in [0.25, 0.3) is 0 Å². The van der Waals surface area contributed by atoms with E-state index < -0.39 is 0 Å². The first kappa shape index (κ1) is 20.3. The molecule has 0 unspecified atom stereocenters. The number of rotatable bonds is 8. The van der Waals surface area contributed by atoms with Gasteiger partial charge in [0.2, 0.25) is 0 Å². The van der Waals surface area contributed by atoms with Crippen molar-refractivity contribution in [1.29, 1.82) is 5.26 Å². The van der Waals surface area contributed by atoms with Crippen LogP contribution in [0.15, 0.2) is 0 Å². The summed E-state index contributed by atoms with van der Waals surface area (Å²) in [6, 6.07) is 2.63. The summed E-state index contributed by atoms with van der Waals surface area (Å²) in [5, 5.41) is 9.57. The Hall–Kier alpha value is -1.04. The summed E-state index contributed by atoms with van der Waals surface area (Å²) in [5.74, 6) is 1.58. The molecule has 2 aliphatic carbocycles. The van der Waals surface area contributed by atoms with Gasteiger partial charge in [-0.3, -0.25) is 4.79 Å². The molecule has 3 heteroatoms. The number of nitrogens with zero attached hydrogens (tertiary/aromatic N) is 1. The van der Waals surface area contributed by atoms with Gasteiger partial charge in [-0.1, -0.05) is 33.1 Å². The van der Waals surface area contributed by atoms with Crippen molar-refractivity contribution in [2.75, 3.05) is 0 Å². The quantitative estimate of drug-likeness (QED) is 0.390. The maximum Gasteiger partial charge on any atom is 0.306 e. The van der Waals surface area contributed by atoms with Crippen LogP contribution in [0.5, 0.6) is 0 Å². The van der Waals surface area contributed by atoms with Crippen molar-refractivity contribution in [2.24, 2.45) is 17.3 Å². The minimum Gasteiger partial charge on any atom is -0.462 e. The molecule has 0 saturated heterocycles. The molecule has 0 aromatic heterocycles. The molecule has 2 saturated carbocycles. The maximum atomic E-state index is 11.9. The van der Waals surface area contributed by atoms with Gasteiger partial charge in [0.15, 0.2) is 0 Å². The van der Waals surface area contributed by atoms with Crippen molar-refractivity contribution in [3.63, 3.8) is 0 Å². The van der Waals surface area contributed by atoms with E-state index in [1.807, 2.05) is 0 Å². The lowest BCUT2D eigenvalue weighted by molar-refractivity contribution is -0.151.